The van der Waals surface area contributed by atoms with E-state index < -0.39 is 0 Å². The minimum Gasteiger partial charge on any atom is -0.379 e. The number of ether oxygens (including phenoxy) is 1. The van der Waals surface area contributed by atoms with E-state index >= 15 is 0 Å². The van der Waals surface area contributed by atoms with Crippen molar-refractivity contribution in [3.8, 4) is 0 Å². The van der Waals surface area contributed by atoms with Gasteiger partial charge in [0.05, 0.1) is 6.10 Å². The van der Waals surface area contributed by atoms with Crippen LogP contribution in [-0.4, -0.2) is 37.1 Å². The van der Waals surface area contributed by atoms with E-state index in [1.165, 1.54) is 19.3 Å². The van der Waals surface area contributed by atoms with Gasteiger partial charge in [0, 0.05) is 26.1 Å². The van der Waals surface area contributed by atoms with Gasteiger partial charge in [-0.2, -0.15) is 0 Å². The van der Waals surface area contributed by atoms with Crippen LogP contribution in [0.15, 0.2) is 0 Å². The number of amides is 1. The quantitative estimate of drug-likeness (QED) is 0.741. The van der Waals surface area contributed by atoms with E-state index in [2.05, 4.69) is 6.92 Å². The number of hydrogen-bond acceptors (Lipinski definition) is 2. The maximum absolute atomic E-state index is 12.4. The van der Waals surface area contributed by atoms with Crippen LogP contribution in [0.2, 0.25) is 0 Å². The second kappa shape index (κ2) is 5.85. The van der Waals surface area contributed by atoms with Crippen LogP contribution in [-0.2, 0) is 9.53 Å². The van der Waals surface area contributed by atoms with Gasteiger partial charge in [-0.15, -0.1) is 0 Å². The van der Waals surface area contributed by atoms with Gasteiger partial charge in [-0.1, -0.05) is 26.2 Å². The number of methoxy groups -OCH3 is 1. The summed E-state index contributed by atoms with van der Waals surface area (Å²) in [6.45, 7) is 3.94. The van der Waals surface area contributed by atoms with E-state index in [9.17, 15) is 4.79 Å². The Morgan fingerprint density at radius 3 is 2.53 bits per heavy atom. The molecular formula is C14H25NO2. The number of carbonyl (C=O) groups is 1. The van der Waals surface area contributed by atoms with Crippen LogP contribution >= 0.6 is 0 Å². The highest BCUT2D eigenvalue weighted by atomic mass is 16.5. The van der Waals surface area contributed by atoms with Gasteiger partial charge in [0.15, 0.2) is 0 Å². The molecule has 17 heavy (non-hydrogen) atoms. The van der Waals surface area contributed by atoms with Gasteiger partial charge in [-0.3, -0.25) is 4.79 Å². The van der Waals surface area contributed by atoms with E-state index in [4.69, 9.17) is 4.74 Å². The molecule has 2 aliphatic rings. The molecule has 0 aromatic heterocycles. The Morgan fingerprint density at radius 2 is 1.88 bits per heavy atom. The molecule has 0 bridgehead atoms. The third kappa shape index (κ3) is 3.01. The summed E-state index contributed by atoms with van der Waals surface area (Å²) in [5, 5.41) is 0. The van der Waals surface area contributed by atoms with E-state index in [0.29, 0.717) is 17.7 Å². The monoisotopic (exact) mass is 239 g/mol. The lowest BCUT2D eigenvalue weighted by Gasteiger charge is -2.38. The molecular weight excluding hydrogens is 214 g/mol. The predicted octanol–water partition coefficient (Wildman–Crippen LogP) is 2.45. The van der Waals surface area contributed by atoms with Gasteiger partial charge in [0.2, 0.25) is 5.91 Å². The van der Waals surface area contributed by atoms with Crippen LogP contribution in [0.4, 0.5) is 0 Å². The molecule has 1 amide bonds. The fourth-order valence-corrected chi connectivity index (χ4v) is 3.15. The summed E-state index contributed by atoms with van der Waals surface area (Å²) >= 11 is 0. The third-order valence-corrected chi connectivity index (χ3v) is 4.46. The number of nitrogens with zero attached hydrogens (tertiary/aromatic N) is 1. The highest BCUT2D eigenvalue weighted by Gasteiger charge is 2.32. The molecule has 98 valence electrons. The Kier molecular flexibility index (Phi) is 4.43. The molecule has 0 aromatic rings. The first kappa shape index (κ1) is 12.9. The van der Waals surface area contributed by atoms with Crippen LogP contribution in [0.5, 0.6) is 0 Å². The largest absolute Gasteiger partial charge is 0.379 e. The van der Waals surface area contributed by atoms with Crippen LogP contribution in [0.25, 0.3) is 0 Å². The molecule has 1 saturated heterocycles. The summed E-state index contributed by atoms with van der Waals surface area (Å²) < 4.78 is 5.48. The summed E-state index contributed by atoms with van der Waals surface area (Å²) in [7, 11) is 1.76. The Labute approximate surface area is 105 Å². The Morgan fingerprint density at radius 1 is 1.18 bits per heavy atom. The number of hydrogen-bond donors (Lipinski definition) is 0. The van der Waals surface area contributed by atoms with Crippen LogP contribution < -0.4 is 0 Å². The molecule has 2 rings (SSSR count). The number of rotatable bonds is 2. The highest BCUT2D eigenvalue weighted by molar-refractivity contribution is 5.79. The van der Waals surface area contributed by atoms with Crippen molar-refractivity contribution in [1.29, 1.82) is 0 Å². The first-order valence-electron chi connectivity index (χ1n) is 7.04. The minimum atomic E-state index is 0.233. The standard InChI is InChI=1S/C14H25NO2/c1-11-8-9-15(10-13(11)17-2)14(16)12-6-4-3-5-7-12/h11-13H,3-10H2,1-2H3. The molecule has 1 aliphatic carbocycles. The zero-order valence-corrected chi connectivity index (χ0v) is 11.2. The van der Waals surface area contributed by atoms with E-state index in [1.54, 1.807) is 7.11 Å². The van der Waals surface area contributed by atoms with Crippen molar-refractivity contribution in [3.05, 3.63) is 0 Å². The molecule has 1 aliphatic heterocycles. The van der Waals surface area contributed by atoms with Crippen molar-refractivity contribution >= 4 is 5.91 Å². The number of likely N-dealkylation sites (tertiary alicyclic amines) is 1. The molecule has 2 atom stereocenters. The smallest absolute Gasteiger partial charge is 0.225 e. The van der Waals surface area contributed by atoms with Crippen molar-refractivity contribution < 1.29 is 9.53 Å². The highest BCUT2D eigenvalue weighted by Crippen LogP contribution is 2.28. The molecule has 1 saturated carbocycles. The minimum absolute atomic E-state index is 0.233. The molecule has 0 aromatic carbocycles. The molecule has 3 heteroatoms. The number of carbonyl (C=O) groups excluding carboxylic acids is 1. The van der Waals surface area contributed by atoms with Gasteiger partial charge >= 0.3 is 0 Å². The average Bonchev–Trinajstić information content (AvgIpc) is 2.39. The second-order valence-corrected chi connectivity index (χ2v) is 5.66. The van der Waals surface area contributed by atoms with Crippen molar-refractivity contribution in [2.45, 2.75) is 51.6 Å². The summed E-state index contributed by atoms with van der Waals surface area (Å²) in [6, 6.07) is 0. The molecule has 0 spiro atoms. The molecule has 2 unspecified atom stereocenters. The first-order valence-corrected chi connectivity index (χ1v) is 7.04. The van der Waals surface area contributed by atoms with Crippen molar-refractivity contribution in [2.75, 3.05) is 20.2 Å². The maximum atomic E-state index is 12.4. The zero-order valence-electron chi connectivity index (χ0n) is 11.2. The van der Waals surface area contributed by atoms with Crippen molar-refractivity contribution in [3.63, 3.8) is 0 Å². The predicted molar refractivity (Wildman–Crippen MR) is 67.7 cm³/mol. The molecule has 0 N–H and O–H groups in total. The van der Waals surface area contributed by atoms with Gasteiger partial charge < -0.3 is 9.64 Å². The summed E-state index contributed by atoms with van der Waals surface area (Å²) in [6.07, 6.45) is 7.28. The summed E-state index contributed by atoms with van der Waals surface area (Å²) in [5.41, 5.74) is 0. The Bertz CT molecular complexity index is 261. The molecule has 0 radical (unpaired) electrons. The summed E-state index contributed by atoms with van der Waals surface area (Å²) in [4.78, 5) is 14.4. The zero-order chi connectivity index (χ0) is 12.3. The second-order valence-electron chi connectivity index (χ2n) is 5.66. The van der Waals surface area contributed by atoms with Crippen LogP contribution in [0.3, 0.4) is 0 Å². The molecule has 3 nitrogen and oxygen atoms in total. The Hall–Kier alpha value is -0.570. The normalized spacial score (nSPS) is 31.5. The van der Waals surface area contributed by atoms with Gasteiger partial charge in [-0.25, -0.2) is 0 Å². The van der Waals surface area contributed by atoms with E-state index in [-0.39, 0.29) is 6.10 Å². The van der Waals surface area contributed by atoms with E-state index in [0.717, 1.165) is 32.4 Å². The van der Waals surface area contributed by atoms with Crippen LogP contribution in [0.1, 0.15) is 45.4 Å². The van der Waals surface area contributed by atoms with Gasteiger partial charge in [0.25, 0.3) is 0 Å². The van der Waals surface area contributed by atoms with Gasteiger partial charge in [0.1, 0.15) is 0 Å². The first-order chi connectivity index (χ1) is 8.22. The van der Waals surface area contributed by atoms with E-state index in [1.807, 2.05) is 4.90 Å². The van der Waals surface area contributed by atoms with Crippen molar-refractivity contribution in [1.82, 2.24) is 4.90 Å². The fourth-order valence-electron chi connectivity index (χ4n) is 3.15. The summed E-state index contributed by atoms with van der Waals surface area (Å²) in [5.74, 6) is 1.27. The molecule has 2 fully saturated rings. The maximum Gasteiger partial charge on any atom is 0.225 e. The SMILES string of the molecule is COC1CN(C(=O)C2CCCCC2)CCC1C. The lowest BCUT2D eigenvalue weighted by atomic mass is 9.87. The van der Waals surface area contributed by atoms with Crippen molar-refractivity contribution in [2.24, 2.45) is 11.8 Å². The average molecular weight is 239 g/mol. The topological polar surface area (TPSA) is 29.5 Å². The third-order valence-electron chi connectivity index (χ3n) is 4.46. The van der Waals surface area contributed by atoms with Gasteiger partial charge in [-0.05, 0) is 25.2 Å². The Balaban J connectivity index is 1.90. The lowest BCUT2D eigenvalue weighted by molar-refractivity contribution is -0.141. The molecule has 1 heterocycles. The fraction of sp³-hybridized carbons (Fsp3) is 0.929. The number of piperidine rings is 1. The lowest BCUT2D eigenvalue weighted by Crippen LogP contribution is -2.48. The van der Waals surface area contributed by atoms with Crippen LogP contribution in [0, 0.1) is 11.8 Å².